The number of aliphatic hydroxyl groups is 1. The Morgan fingerprint density at radius 3 is 2.55 bits per heavy atom. The van der Waals surface area contributed by atoms with Crippen molar-refractivity contribution in [2.75, 3.05) is 0 Å². The average Bonchev–Trinajstić information content (AvgIpc) is 3.09. The molecular weight excluding hydrogens is 368 g/mol. The second-order valence-electron chi connectivity index (χ2n) is 7.83. The van der Waals surface area contributed by atoms with Crippen LogP contribution < -0.4 is 5.56 Å². The SMILES string of the molecule is Cc1ccc(-c2cc3c(=O)n(CC(C)(C)O)cnc3c(-c3cnn(C)c3)n2)cn1. The van der Waals surface area contributed by atoms with E-state index in [4.69, 9.17) is 4.98 Å². The fourth-order valence-electron chi connectivity index (χ4n) is 3.21. The molecule has 8 heteroatoms. The number of aromatic nitrogens is 6. The van der Waals surface area contributed by atoms with Crippen molar-refractivity contribution < 1.29 is 5.11 Å². The summed E-state index contributed by atoms with van der Waals surface area (Å²) in [4.78, 5) is 26.8. The molecule has 0 fully saturated rings. The van der Waals surface area contributed by atoms with E-state index in [0.29, 0.717) is 22.3 Å². The topological polar surface area (TPSA) is 98.7 Å². The van der Waals surface area contributed by atoms with Gasteiger partial charge < -0.3 is 5.11 Å². The van der Waals surface area contributed by atoms with Gasteiger partial charge in [0.1, 0.15) is 11.2 Å². The maximum Gasteiger partial charge on any atom is 0.261 e. The molecule has 0 amide bonds. The lowest BCUT2D eigenvalue weighted by Crippen LogP contribution is -2.33. The maximum atomic E-state index is 13.2. The van der Waals surface area contributed by atoms with Crippen LogP contribution in [0.4, 0.5) is 0 Å². The van der Waals surface area contributed by atoms with E-state index in [-0.39, 0.29) is 12.1 Å². The smallest absolute Gasteiger partial charge is 0.261 e. The van der Waals surface area contributed by atoms with E-state index in [9.17, 15) is 9.90 Å². The summed E-state index contributed by atoms with van der Waals surface area (Å²) in [5, 5.41) is 14.8. The molecular formula is C21H22N6O2. The first kappa shape index (κ1) is 18.9. The second kappa shape index (κ2) is 6.89. The highest BCUT2D eigenvalue weighted by atomic mass is 16.3. The molecule has 4 aromatic heterocycles. The predicted octanol–water partition coefficient (Wildman–Crippen LogP) is 2.33. The van der Waals surface area contributed by atoms with Gasteiger partial charge >= 0.3 is 0 Å². The van der Waals surface area contributed by atoms with E-state index in [1.54, 1.807) is 37.0 Å². The van der Waals surface area contributed by atoms with E-state index in [1.165, 1.54) is 10.9 Å². The van der Waals surface area contributed by atoms with Gasteiger partial charge in [-0.3, -0.25) is 19.0 Å². The van der Waals surface area contributed by atoms with Gasteiger partial charge in [-0.05, 0) is 39.0 Å². The van der Waals surface area contributed by atoms with E-state index in [1.807, 2.05) is 32.3 Å². The summed E-state index contributed by atoms with van der Waals surface area (Å²) in [6.07, 6.45) is 6.73. The third-order valence-electron chi connectivity index (χ3n) is 4.55. The molecule has 0 saturated heterocycles. The summed E-state index contributed by atoms with van der Waals surface area (Å²) in [5.41, 5.74) is 2.91. The first-order valence-electron chi connectivity index (χ1n) is 9.26. The summed E-state index contributed by atoms with van der Waals surface area (Å²) in [7, 11) is 1.82. The normalized spacial score (nSPS) is 11.9. The van der Waals surface area contributed by atoms with Crippen LogP contribution in [0.3, 0.4) is 0 Å². The molecule has 4 aromatic rings. The van der Waals surface area contributed by atoms with Crippen LogP contribution in [0.2, 0.25) is 0 Å². The lowest BCUT2D eigenvalue weighted by molar-refractivity contribution is 0.0603. The van der Waals surface area contributed by atoms with E-state index >= 15 is 0 Å². The molecule has 0 aliphatic rings. The molecule has 0 aromatic carbocycles. The van der Waals surface area contributed by atoms with Crippen LogP contribution in [0.1, 0.15) is 19.5 Å². The van der Waals surface area contributed by atoms with Gasteiger partial charge in [0.15, 0.2) is 0 Å². The Morgan fingerprint density at radius 1 is 1.14 bits per heavy atom. The van der Waals surface area contributed by atoms with Crippen LogP contribution >= 0.6 is 0 Å². The molecule has 148 valence electrons. The minimum atomic E-state index is -1.04. The first-order chi connectivity index (χ1) is 13.7. The standard InChI is InChI=1S/C21H22N6O2/c1-13-5-6-14(8-22-13)17-7-16-19(18(25-17)15-9-24-26(4)10-15)23-12-27(20(16)28)11-21(2,3)29/h5-10,12,29H,11H2,1-4H3. The van der Waals surface area contributed by atoms with Crippen LogP contribution in [0.15, 0.2) is 47.9 Å². The molecule has 1 N–H and O–H groups in total. The molecule has 0 saturated carbocycles. The lowest BCUT2D eigenvalue weighted by atomic mass is 10.1. The number of nitrogens with zero attached hydrogens (tertiary/aromatic N) is 6. The van der Waals surface area contributed by atoms with Gasteiger partial charge in [0.25, 0.3) is 5.56 Å². The average molecular weight is 390 g/mol. The maximum absolute atomic E-state index is 13.2. The van der Waals surface area contributed by atoms with Crippen LogP contribution in [0.25, 0.3) is 33.4 Å². The molecule has 0 aliphatic carbocycles. The van der Waals surface area contributed by atoms with Crippen molar-refractivity contribution in [1.29, 1.82) is 0 Å². The fourth-order valence-corrected chi connectivity index (χ4v) is 3.21. The second-order valence-corrected chi connectivity index (χ2v) is 7.83. The molecule has 8 nitrogen and oxygen atoms in total. The fraction of sp³-hybridized carbons (Fsp3) is 0.286. The molecule has 0 aliphatic heterocycles. The number of rotatable bonds is 4. The monoisotopic (exact) mass is 390 g/mol. The molecule has 29 heavy (non-hydrogen) atoms. The van der Waals surface area contributed by atoms with Gasteiger partial charge in [0, 0.05) is 36.3 Å². The summed E-state index contributed by atoms with van der Waals surface area (Å²) < 4.78 is 3.10. The van der Waals surface area contributed by atoms with Gasteiger partial charge in [0.05, 0.1) is 35.8 Å². The molecule has 0 unspecified atom stereocenters. The summed E-state index contributed by atoms with van der Waals surface area (Å²) in [6.45, 7) is 5.36. The van der Waals surface area contributed by atoms with Crippen LogP contribution in [0.5, 0.6) is 0 Å². The third-order valence-corrected chi connectivity index (χ3v) is 4.55. The predicted molar refractivity (Wildman–Crippen MR) is 110 cm³/mol. The Morgan fingerprint density at radius 2 is 1.93 bits per heavy atom. The largest absolute Gasteiger partial charge is 0.389 e. The Labute approximate surface area is 167 Å². The van der Waals surface area contributed by atoms with Gasteiger partial charge in [-0.2, -0.15) is 5.10 Å². The summed E-state index contributed by atoms with van der Waals surface area (Å²) in [5.74, 6) is 0. The zero-order valence-electron chi connectivity index (χ0n) is 16.8. The highest BCUT2D eigenvalue weighted by Crippen LogP contribution is 2.28. The molecule has 0 spiro atoms. The lowest BCUT2D eigenvalue weighted by Gasteiger charge is -2.18. The van der Waals surface area contributed by atoms with E-state index in [0.717, 1.165) is 16.8 Å². The number of hydrogen-bond donors (Lipinski definition) is 1. The van der Waals surface area contributed by atoms with Crippen LogP contribution in [0, 0.1) is 6.92 Å². The van der Waals surface area contributed by atoms with Crippen molar-refractivity contribution in [3.05, 3.63) is 59.2 Å². The van der Waals surface area contributed by atoms with E-state index in [2.05, 4.69) is 15.1 Å². The summed E-state index contributed by atoms with van der Waals surface area (Å²) >= 11 is 0. The van der Waals surface area contributed by atoms with Crippen molar-refractivity contribution in [2.24, 2.45) is 7.05 Å². The molecule has 0 atom stereocenters. The van der Waals surface area contributed by atoms with E-state index < -0.39 is 5.60 Å². The number of fused-ring (bicyclic) bond motifs is 1. The van der Waals surface area contributed by atoms with Gasteiger partial charge in [-0.1, -0.05) is 0 Å². The van der Waals surface area contributed by atoms with Crippen LogP contribution in [-0.2, 0) is 13.6 Å². The van der Waals surface area contributed by atoms with Crippen LogP contribution in [-0.4, -0.2) is 40.0 Å². The zero-order chi connectivity index (χ0) is 20.8. The molecule has 4 rings (SSSR count). The Hall–Kier alpha value is -3.39. The van der Waals surface area contributed by atoms with Crippen molar-refractivity contribution >= 4 is 10.9 Å². The van der Waals surface area contributed by atoms with Crippen molar-refractivity contribution in [2.45, 2.75) is 32.9 Å². The number of hydrogen-bond acceptors (Lipinski definition) is 6. The third kappa shape index (κ3) is 3.79. The van der Waals surface area contributed by atoms with Gasteiger partial charge in [-0.25, -0.2) is 9.97 Å². The molecule has 0 radical (unpaired) electrons. The van der Waals surface area contributed by atoms with Crippen molar-refractivity contribution in [3.8, 4) is 22.5 Å². The van der Waals surface area contributed by atoms with Crippen molar-refractivity contribution in [3.63, 3.8) is 0 Å². The van der Waals surface area contributed by atoms with Crippen molar-refractivity contribution in [1.82, 2.24) is 29.3 Å². The quantitative estimate of drug-likeness (QED) is 0.574. The summed E-state index contributed by atoms with van der Waals surface area (Å²) in [6, 6.07) is 5.56. The minimum Gasteiger partial charge on any atom is -0.389 e. The number of pyridine rings is 2. The highest BCUT2D eigenvalue weighted by Gasteiger charge is 2.19. The number of aryl methyl sites for hydroxylation is 2. The zero-order valence-corrected chi connectivity index (χ0v) is 16.8. The van der Waals surface area contributed by atoms with Gasteiger partial charge in [0.2, 0.25) is 0 Å². The highest BCUT2D eigenvalue weighted by molar-refractivity contribution is 5.93. The Kier molecular flexibility index (Phi) is 4.50. The molecule has 4 heterocycles. The Bertz CT molecular complexity index is 1250. The van der Waals surface area contributed by atoms with Gasteiger partial charge in [-0.15, -0.1) is 0 Å². The Balaban J connectivity index is 2.00. The minimum absolute atomic E-state index is 0.140. The molecule has 0 bridgehead atoms. The first-order valence-corrected chi connectivity index (χ1v) is 9.26.